The molecular formula is C14H16F2N2O. The molecule has 1 heterocycles. The lowest BCUT2D eigenvalue weighted by Gasteiger charge is -2.14. The van der Waals surface area contributed by atoms with Gasteiger partial charge in [0.25, 0.3) is 0 Å². The average Bonchev–Trinajstić information content (AvgIpc) is 2.43. The van der Waals surface area contributed by atoms with Crippen LogP contribution in [0.2, 0.25) is 0 Å². The Morgan fingerprint density at radius 3 is 2.95 bits per heavy atom. The van der Waals surface area contributed by atoms with Crippen LogP contribution in [-0.2, 0) is 11.2 Å². The zero-order valence-electron chi connectivity index (χ0n) is 10.5. The van der Waals surface area contributed by atoms with Crippen LogP contribution in [0.1, 0.15) is 12.0 Å². The summed E-state index contributed by atoms with van der Waals surface area (Å²) in [7, 11) is 0. The molecule has 0 saturated carbocycles. The molecule has 1 aromatic rings. The van der Waals surface area contributed by atoms with Crippen molar-refractivity contribution < 1.29 is 13.6 Å². The van der Waals surface area contributed by atoms with E-state index in [9.17, 15) is 13.6 Å². The molecular weight excluding hydrogens is 250 g/mol. The van der Waals surface area contributed by atoms with Crippen LogP contribution in [0.4, 0.5) is 8.78 Å². The van der Waals surface area contributed by atoms with Crippen molar-refractivity contribution in [2.75, 3.05) is 19.6 Å². The van der Waals surface area contributed by atoms with E-state index in [0.29, 0.717) is 6.54 Å². The second-order valence-corrected chi connectivity index (χ2v) is 4.48. The van der Waals surface area contributed by atoms with Crippen molar-refractivity contribution in [1.82, 2.24) is 10.6 Å². The molecule has 5 heteroatoms. The van der Waals surface area contributed by atoms with E-state index in [4.69, 9.17) is 0 Å². The van der Waals surface area contributed by atoms with Gasteiger partial charge < -0.3 is 10.6 Å². The first-order chi connectivity index (χ1) is 9.16. The number of nitrogens with one attached hydrogen (secondary N) is 2. The van der Waals surface area contributed by atoms with Gasteiger partial charge in [-0.3, -0.25) is 4.79 Å². The second-order valence-electron chi connectivity index (χ2n) is 4.48. The fourth-order valence-electron chi connectivity index (χ4n) is 1.96. The summed E-state index contributed by atoms with van der Waals surface area (Å²) < 4.78 is 26.4. The van der Waals surface area contributed by atoms with Gasteiger partial charge >= 0.3 is 0 Å². The van der Waals surface area contributed by atoms with Crippen molar-refractivity contribution in [3.8, 4) is 0 Å². The SMILES string of the molecule is O=C(Cc1cccc(F)c1F)NCC1=CCNCC1. The average molecular weight is 266 g/mol. The van der Waals surface area contributed by atoms with E-state index in [1.54, 1.807) is 0 Å². The minimum absolute atomic E-state index is 0.0804. The molecule has 2 N–H and O–H groups in total. The summed E-state index contributed by atoms with van der Waals surface area (Å²) in [5.41, 5.74) is 1.24. The van der Waals surface area contributed by atoms with Crippen LogP contribution >= 0.6 is 0 Å². The molecule has 3 nitrogen and oxygen atoms in total. The van der Waals surface area contributed by atoms with E-state index in [1.807, 2.05) is 6.08 Å². The van der Waals surface area contributed by atoms with Crippen molar-refractivity contribution in [2.24, 2.45) is 0 Å². The Kier molecular flexibility index (Phi) is 4.63. The predicted molar refractivity (Wildman–Crippen MR) is 68.6 cm³/mol. The van der Waals surface area contributed by atoms with Gasteiger partial charge in [0.15, 0.2) is 11.6 Å². The Balaban J connectivity index is 1.87. The molecule has 1 aliphatic heterocycles. The quantitative estimate of drug-likeness (QED) is 0.812. The van der Waals surface area contributed by atoms with E-state index in [-0.39, 0.29) is 17.9 Å². The Hall–Kier alpha value is -1.75. The number of hydrogen-bond donors (Lipinski definition) is 2. The van der Waals surface area contributed by atoms with Gasteiger partial charge in [0.05, 0.1) is 6.42 Å². The van der Waals surface area contributed by atoms with Gasteiger partial charge in [-0.15, -0.1) is 0 Å². The molecule has 1 amide bonds. The van der Waals surface area contributed by atoms with Gasteiger partial charge in [0.2, 0.25) is 5.91 Å². The van der Waals surface area contributed by atoms with Crippen molar-refractivity contribution in [2.45, 2.75) is 12.8 Å². The third kappa shape index (κ3) is 3.86. The van der Waals surface area contributed by atoms with Gasteiger partial charge in [-0.25, -0.2) is 8.78 Å². The fourth-order valence-corrected chi connectivity index (χ4v) is 1.96. The van der Waals surface area contributed by atoms with E-state index in [2.05, 4.69) is 10.6 Å². The maximum atomic E-state index is 13.4. The zero-order valence-corrected chi connectivity index (χ0v) is 10.5. The highest BCUT2D eigenvalue weighted by molar-refractivity contribution is 5.78. The number of carbonyl (C=O) groups excluding carboxylic acids is 1. The molecule has 0 fully saturated rings. The van der Waals surface area contributed by atoms with E-state index in [0.717, 1.165) is 31.1 Å². The minimum atomic E-state index is -0.946. The molecule has 0 atom stereocenters. The van der Waals surface area contributed by atoms with Crippen molar-refractivity contribution in [3.05, 3.63) is 47.0 Å². The number of carbonyl (C=O) groups is 1. The van der Waals surface area contributed by atoms with Crippen LogP contribution < -0.4 is 10.6 Å². The largest absolute Gasteiger partial charge is 0.352 e. The molecule has 0 radical (unpaired) electrons. The highest BCUT2D eigenvalue weighted by atomic mass is 19.2. The fraction of sp³-hybridized carbons (Fsp3) is 0.357. The highest BCUT2D eigenvalue weighted by Gasteiger charge is 2.12. The molecule has 0 aromatic heterocycles. The maximum Gasteiger partial charge on any atom is 0.224 e. The van der Waals surface area contributed by atoms with Gasteiger partial charge in [-0.2, -0.15) is 0 Å². The first-order valence-electron chi connectivity index (χ1n) is 6.25. The molecule has 1 aliphatic rings. The first-order valence-corrected chi connectivity index (χ1v) is 6.25. The van der Waals surface area contributed by atoms with E-state index < -0.39 is 11.6 Å². The molecule has 19 heavy (non-hydrogen) atoms. The van der Waals surface area contributed by atoms with Crippen LogP contribution in [0, 0.1) is 11.6 Å². The molecule has 0 aliphatic carbocycles. The third-order valence-electron chi connectivity index (χ3n) is 3.05. The van der Waals surface area contributed by atoms with E-state index >= 15 is 0 Å². The summed E-state index contributed by atoms with van der Waals surface area (Å²) in [6.45, 7) is 2.18. The number of benzene rings is 1. The summed E-state index contributed by atoms with van der Waals surface area (Å²) in [5, 5.41) is 5.90. The van der Waals surface area contributed by atoms with Crippen LogP contribution in [0.25, 0.3) is 0 Å². The molecule has 1 aromatic carbocycles. The van der Waals surface area contributed by atoms with Crippen LogP contribution in [0.15, 0.2) is 29.8 Å². The second kappa shape index (κ2) is 6.43. The Morgan fingerprint density at radius 2 is 2.21 bits per heavy atom. The highest BCUT2D eigenvalue weighted by Crippen LogP contribution is 2.12. The number of amides is 1. The van der Waals surface area contributed by atoms with Crippen molar-refractivity contribution >= 4 is 5.91 Å². The number of hydrogen-bond acceptors (Lipinski definition) is 2. The lowest BCUT2D eigenvalue weighted by molar-refractivity contribution is -0.120. The molecule has 0 unspecified atom stereocenters. The van der Waals surface area contributed by atoms with Crippen LogP contribution in [-0.4, -0.2) is 25.5 Å². The molecule has 0 saturated heterocycles. The summed E-state index contributed by atoms with van der Waals surface area (Å²) in [6.07, 6.45) is 2.79. The predicted octanol–water partition coefficient (Wildman–Crippen LogP) is 1.54. The standard InChI is InChI=1S/C14H16F2N2O/c15-12-3-1-2-11(14(12)16)8-13(19)18-9-10-4-6-17-7-5-10/h1-4,17H,5-9H2,(H,18,19). The smallest absolute Gasteiger partial charge is 0.224 e. The van der Waals surface area contributed by atoms with Gasteiger partial charge in [-0.05, 0) is 19.0 Å². The van der Waals surface area contributed by atoms with E-state index in [1.165, 1.54) is 12.1 Å². The topological polar surface area (TPSA) is 41.1 Å². The van der Waals surface area contributed by atoms with Crippen LogP contribution in [0.3, 0.4) is 0 Å². The molecule has 2 rings (SSSR count). The lowest BCUT2D eigenvalue weighted by atomic mass is 10.1. The third-order valence-corrected chi connectivity index (χ3v) is 3.05. The normalized spacial score (nSPS) is 14.9. The molecule has 0 spiro atoms. The van der Waals surface area contributed by atoms with Gasteiger partial charge in [0, 0.05) is 18.7 Å². The maximum absolute atomic E-state index is 13.4. The van der Waals surface area contributed by atoms with Crippen LogP contribution in [0.5, 0.6) is 0 Å². The summed E-state index contributed by atoms with van der Waals surface area (Å²) >= 11 is 0. The van der Waals surface area contributed by atoms with Crippen molar-refractivity contribution in [1.29, 1.82) is 0 Å². The summed E-state index contributed by atoms with van der Waals surface area (Å²) in [5.74, 6) is -2.17. The van der Waals surface area contributed by atoms with Gasteiger partial charge in [0.1, 0.15) is 0 Å². The monoisotopic (exact) mass is 266 g/mol. The van der Waals surface area contributed by atoms with Crippen molar-refractivity contribution in [3.63, 3.8) is 0 Å². The Bertz CT molecular complexity index is 500. The first kappa shape index (κ1) is 13.7. The summed E-state index contributed by atoms with van der Waals surface area (Å²) in [6, 6.07) is 3.86. The summed E-state index contributed by atoms with van der Waals surface area (Å²) in [4.78, 5) is 11.7. The zero-order chi connectivity index (χ0) is 13.7. The lowest BCUT2D eigenvalue weighted by Crippen LogP contribution is -2.30. The molecule has 102 valence electrons. The Labute approximate surface area is 110 Å². The number of rotatable bonds is 4. The van der Waals surface area contributed by atoms with Gasteiger partial charge in [-0.1, -0.05) is 23.8 Å². The molecule has 0 bridgehead atoms. The minimum Gasteiger partial charge on any atom is -0.352 e. The number of halogens is 2. The Morgan fingerprint density at radius 1 is 1.37 bits per heavy atom.